The largest absolute Gasteiger partial charge is 0.418 e. The van der Waals surface area contributed by atoms with Crippen LogP contribution in [0.15, 0.2) is 18.2 Å². The minimum Gasteiger partial charge on any atom is -0.387 e. The van der Waals surface area contributed by atoms with E-state index < -0.39 is 17.6 Å². The van der Waals surface area contributed by atoms with Crippen LogP contribution in [0.1, 0.15) is 42.1 Å². The highest BCUT2D eigenvalue weighted by atomic mass is 19.4. The smallest absolute Gasteiger partial charge is 0.387 e. The molecule has 1 amide bonds. The first-order valence-corrected chi connectivity index (χ1v) is 7.03. The van der Waals surface area contributed by atoms with Gasteiger partial charge in [0.2, 0.25) is 0 Å². The summed E-state index contributed by atoms with van der Waals surface area (Å²) in [5.41, 5.74) is -0.961. The van der Waals surface area contributed by atoms with Gasteiger partial charge in [0.15, 0.2) is 0 Å². The van der Waals surface area contributed by atoms with E-state index >= 15 is 0 Å². The van der Waals surface area contributed by atoms with E-state index in [2.05, 4.69) is 10.6 Å². The van der Waals surface area contributed by atoms with Crippen molar-refractivity contribution in [2.45, 2.75) is 38.4 Å². The number of hydrogen-bond acceptors (Lipinski definition) is 2. The molecule has 2 rings (SSSR count). The van der Waals surface area contributed by atoms with Crippen LogP contribution in [-0.2, 0) is 6.18 Å². The lowest BCUT2D eigenvalue weighted by Crippen LogP contribution is -2.36. The zero-order valence-electron chi connectivity index (χ0n) is 12.1. The van der Waals surface area contributed by atoms with E-state index in [9.17, 15) is 18.0 Å². The molecule has 1 aliphatic rings. The standard InChI is InChI=1S/C15H19F3N2O/c1-9-5-3-8-12(9)20-14(21)10-6-4-7-11(13(10)19-2)15(16,17)18/h4,6-7,9,12,19H,3,5,8H2,1-2H3,(H,20,21). The van der Waals surface area contributed by atoms with Gasteiger partial charge in [0, 0.05) is 13.1 Å². The molecule has 21 heavy (non-hydrogen) atoms. The van der Waals surface area contributed by atoms with Crippen LogP contribution in [0.4, 0.5) is 18.9 Å². The number of halogens is 3. The molecule has 2 N–H and O–H groups in total. The van der Waals surface area contributed by atoms with Gasteiger partial charge in [0.1, 0.15) is 0 Å². The van der Waals surface area contributed by atoms with Crippen LogP contribution in [0.25, 0.3) is 0 Å². The number of carbonyl (C=O) groups excluding carboxylic acids is 1. The van der Waals surface area contributed by atoms with E-state index in [0.29, 0.717) is 5.92 Å². The molecule has 3 nitrogen and oxygen atoms in total. The lowest BCUT2D eigenvalue weighted by molar-refractivity contribution is -0.136. The first kappa shape index (κ1) is 15.7. The van der Waals surface area contributed by atoms with Gasteiger partial charge in [0.25, 0.3) is 5.91 Å². The molecular weight excluding hydrogens is 281 g/mol. The first-order chi connectivity index (χ1) is 9.84. The third-order valence-electron chi connectivity index (χ3n) is 4.04. The van der Waals surface area contributed by atoms with Gasteiger partial charge in [-0.1, -0.05) is 19.4 Å². The number of para-hydroxylation sites is 1. The average molecular weight is 300 g/mol. The van der Waals surface area contributed by atoms with Gasteiger partial charge >= 0.3 is 6.18 Å². The van der Waals surface area contributed by atoms with Crippen LogP contribution in [0.2, 0.25) is 0 Å². The second-order valence-corrected chi connectivity index (χ2v) is 5.46. The second kappa shape index (κ2) is 5.95. The maximum Gasteiger partial charge on any atom is 0.418 e. The molecule has 116 valence electrons. The average Bonchev–Trinajstić information content (AvgIpc) is 2.82. The van der Waals surface area contributed by atoms with Crippen LogP contribution in [0.5, 0.6) is 0 Å². The molecule has 1 aliphatic carbocycles. The summed E-state index contributed by atoms with van der Waals surface area (Å²) in [7, 11) is 1.39. The van der Waals surface area contributed by atoms with Gasteiger partial charge in [-0.25, -0.2) is 0 Å². The van der Waals surface area contributed by atoms with Gasteiger partial charge in [-0.05, 0) is 30.9 Å². The number of alkyl halides is 3. The molecule has 6 heteroatoms. The van der Waals surface area contributed by atoms with E-state index in [1.807, 2.05) is 6.92 Å². The molecule has 0 heterocycles. The molecule has 0 saturated heterocycles. The van der Waals surface area contributed by atoms with Crippen LogP contribution in [0, 0.1) is 5.92 Å². The fourth-order valence-corrected chi connectivity index (χ4v) is 2.85. The fourth-order valence-electron chi connectivity index (χ4n) is 2.85. The predicted octanol–water partition coefficient (Wildman–Crippen LogP) is 3.67. The Hall–Kier alpha value is -1.72. The summed E-state index contributed by atoms with van der Waals surface area (Å²) >= 11 is 0. The van der Waals surface area contributed by atoms with E-state index in [0.717, 1.165) is 25.3 Å². The molecule has 0 spiro atoms. The van der Waals surface area contributed by atoms with Gasteiger partial charge in [-0.15, -0.1) is 0 Å². The maximum atomic E-state index is 13.0. The molecule has 0 radical (unpaired) electrons. The summed E-state index contributed by atoms with van der Waals surface area (Å²) in [6, 6.07) is 3.68. The molecular formula is C15H19F3N2O. The Morgan fingerprint density at radius 3 is 2.52 bits per heavy atom. The van der Waals surface area contributed by atoms with Crippen LogP contribution >= 0.6 is 0 Å². The van der Waals surface area contributed by atoms with Crippen molar-refractivity contribution in [3.8, 4) is 0 Å². The number of nitrogens with one attached hydrogen (secondary N) is 2. The third-order valence-corrected chi connectivity index (χ3v) is 4.04. The summed E-state index contributed by atoms with van der Waals surface area (Å²) < 4.78 is 38.9. The van der Waals surface area contributed by atoms with Crippen molar-refractivity contribution in [2.24, 2.45) is 5.92 Å². The Kier molecular flexibility index (Phi) is 4.44. The quantitative estimate of drug-likeness (QED) is 0.894. The first-order valence-electron chi connectivity index (χ1n) is 7.03. The van der Waals surface area contributed by atoms with Gasteiger partial charge in [-0.3, -0.25) is 4.79 Å². The number of rotatable bonds is 3. The highest BCUT2D eigenvalue weighted by Gasteiger charge is 2.35. The van der Waals surface area contributed by atoms with Gasteiger partial charge in [-0.2, -0.15) is 13.2 Å². The SMILES string of the molecule is CNc1c(C(=O)NC2CCCC2C)cccc1C(F)(F)F. The predicted molar refractivity (Wildman–Crippen MR) is 75.3 cm³/mol. The fraction of sp³-hybridized carbons (Fsp3) is 0.533. The van der Waals surface area contributed by atoms with Gasteiger partial charge < -0.3 is 10.6 Å². The summed E-state index contributed by atoms with van der Waals surface area (Å²) in [5, 5.41) is 5.36. The minimum atomic E-state index is -4.49. The molecule has 1 saturated carbocycles. The van der Waals surface area contributed by atoms with E-state index in [-0.39, 0.29) is 17.3 Å². The number of amides is 1. The maximum absolute atomic E-state index is 13.0. The van der Waals surface area contributed by atoms with Crippen LogP contribution in [0.3, 0.4) is 0 Å². The van der Waals surface area contributed by atoms with E-state index in [1.54, 1.807) is 0 Å². The second-order valence-electron chi connectivity index (χ2n) is 5.46. The summed E-state index contributed by atoms with van der Waals surface area (Å²) in [5.74, 6) is -0.0954. The van der Waals surface area contributed by atoms with Crippen molar-refractivity contribution in [3.05, 3.63) is 29.3 Å². The molecule has 1 aromatic carbocycles. The third kappa shape index (κ3) is 3.31. The number of benzene rings is 1. The zero-order valence-corrected chi connectivity index (χ0v) is 12.1. The lowest BCUT2D eigenvalue weighted by atomic mass is 10.0. The molecule has 0 aliphatic heterocycles. The Morgan fingerprint density at radius 1 is 1.29 bits per heavy atom. The van der Waals surface area contributed by atoms with Crippen molar-refractivity contribution < 1.29 is 18.0 Å². The van der Waals surface area contributed by atoms with E-state index in [1.165, 1.54) is 19.2 Å². The minimum absolute atomic E-state index is 0.0337. The monoisotopic (exact) mass is 300 g/mol. The van der Waals surface area contributed by atoms with E-state index in [4.69, 9.17) is 0 Å². The van der Waals surface area contributed by atoms with Crippen molar-refractivity contribution in [2.75, 3.05) is 12.4 Å². The van der Waals surface area contributed by atoms with Gasteiger partial charge in [0.05, 0.1) is 16.8 Å². The molecule has 2 unspecified atom stereocenters. The Labute approximate surface area is 121 Å². The number of carbonyl (C=O) groups is 1. The molecule has 0 aromatic heterocycles. The van der Waals surface area contributed by atoms with Crippen LogP contribution in [-0.4, -0.2) is 19.0 Å². The molecule has 1 fully saturated rings. The highest BCUT2D eigenvalue weighted by molar-refractivity contribution is 6.00. The number of anilines is 1. The number of hydrogen-bond donors (Lipinski definition) is 2. The van der Waals surface area contributed by atoms with Crippen molar-refractivity contribution in [3.63, 3.8) is 0 Å². The Morgan fingerprint density at radius 2 is 2.00 bits per heavy atom. The summed E-state index contributed by atoms with van der Waals surface area (Å²) in [4.78, 5) is 12.3. The van der Waals surface area contributed by atoms with Crippen molar-refractivity contribution >= 4 is 11.6 Å². The van der Waals surface area contributed by atoms with Crippen LogP contribution < -0.4 is 10.6 Å². The Balaban J connectivity index is 2.28. The van der Waals surface area contributed by atoms with Crippen molar-refractivity contribution in [1.29, 1.82) is 0 Å². The lowest BCUT2D eigenvalue weighted by Gasteiger charge is -2.20. The highest BCUT2D eigenvalue weighted by Crippen LogP contribution is 2.36. The zero-order chi connectivity index (χ0) is 15.6. The Bertz CT molecular complexity index is 528. The molecule has 2 atom stereocenters. The normalized spacial score (nSPS) is 22.1. The topological polar surface area (TPSA) is 41.1 Å². The summed E-state index contributed by atoms with van der Waals surface area (Å²) in [6.07, 6.45) is -1.55. The molecule has 0 bridgehead atoms. The summed E-state index contributed by atoms with van der Waals surface area (Å²) in [6.45, 7) is 2.04. The van der Waals surface area contributed by atoms with Crippen molar-refractivity contribution in [1.82, 2.24) is 5.32 Å². The molecule has 1 aromatic rings.